The maximum Gasteiger partial charge on any atom is 0.196 e. The normalized spacial score (nSPS) is 17.9. The van der Waals surface area contributed by atoms with Crippen molar-refractivity contribution in [2.45, 2.75) is 12.8 Å². The first-order valence-electron chi connectivity index (χ1n) is 10.3. The highest BCUT2D eigenvalue weighted by atomic mass is 16.1. The van der Waals surface area contributed by atoms with Crippen LogP contribution in [0.1, 0.15) is 43.2 Å². The molecular formula is C24H28N4O2. The molecule has 2 N–H and O–H groups in total. The number of H-pyrrole nitrogens is 2. The van der Waals surface area contributed by atoms with Crippen molar-refractivity contribution in [1.82, 2.24) is 19.8 Å². The number of rotatable bonds is 6. The summed E-state index contributed by atoms with van der Waals surface area (Å²) in [4.78, 5) is 36.8. The van der Waals surface area contributed by atoms with Gasteiger partial charge < -0.3 is 19.8 Å². The van der Waals surface area contributed by atoms with Crippen molar-refractivity contribution in [2.24, 2.45) is 0 Å². The summed E-state index contributed by atoms with van der Waals surface area (Å²) in [6.45, 7) is 1.73. The van der Waals surface area contributed by atoms with Gasteiger partial charge in [-0.25, -0.2) is 0 Å². The van der Waals surface area contributed by atoms with E-state index in [0.717, 1.165) is 59.6 Å². The molecule has 0 fully saturated rings. The van der Waals surface area contributed by atoms with Crippen molar-refractivity contribution in [2.75, 3.05) is 41.3 Å². The lowest BCUT2D eigenvalue weighted by Gasteiger charge is -2.17. The zero-order valence-electron chi connectivity index (χ0n) is 18.0. The first-order chi connectivity index (χ1) is 14.4. The number of ketones is 2. The number of hydrogen-bond acceptors (Lipinski definition) is 4. The number of hydrogen-bond donors (Lipinski definition) is 2. The maximum absolute atomic E-state index is 13.5. The minimum absolute atomic E-state index is 0.00639. The third-order valence-corrected chi connectivity index (χ3v) is 5.71. The lowest BCUT2D eigenvalue weighted by atomic mass is 9.86. The van der Waals surface area contributed by atoms with Crippen LogP contribution in [0.4, 0.5) is 0 Å². The summed E-state index contributed by atoms with van der Waals surface area (Å²) in [5.41, 5.74) is 6.47. The van der Waals surface area contributed by atoms with E-state index in [4.69, 9.17) is 0 Å². The third-order valence-electron chi connectivity index (χ3n) is 5.71. The lowest BCUT2D eigenvalue weighted by Crippen LogP contribution is -2.18. The SMILES string of the molecule is CN(C)CCc1c[nH]c2c1C(=O)C(=C1C=CC(=O)c3c(CCN(C)C)c[nH]c31)C=C2. The van der Waals surface area contributed by atoms with E-state index in [1.807, 2.05) is 52.7 Å². The molecule has 0 saturated heterocycles. The second-order valence-corrected chi connectivity index (χ2v) is 8.46. The molecule has 0 unspecified atom stereocenters. The van der Waals surface area contributed by atoms with Crippen molar-refractivity contribution in [3.05, 3.63) is 69.8 Å². The number of likely N-dealkylation sites (N-methyl/N-ethyl adjacent to an activating group) is 2. The summed E-state index contributed by atoms with van der Waals surface area (Å²) >= 11 is 0. The molecule has 0 bridgehead atoms. The molecule has 0 aromatic carbocycles. The minimum atomic E-state index is -0.00870. The number of aromatic amines is 2. The Bertz CT molecular complexity index is 1090. The van der Waals surface area contributed by atoms with Crippen molar-refractivity contribution in [3.8, 4) is 0 Å². The predicted octanol–water partition coefficient (Wildman–Crippen LogP) is 2.97. The molecule has 0 spiro atoms. The Balaban J connectivity index is 1.74. The average molecular weight is 405 g/mol. The fraction of sp³-hybridized carbons (Fsp3) is 0.333. The summed E-state index contributed by atoms with van der Waals surface area (Å²) in [5.74, 6) is -0.00232. The van der Waals surface area contributed by atoms with Crippen molar-refractivity contribution < 1.29 is 9.59 Å². The van der Waals surface area contributed by atoms with Crippen molar-refractivity contribution in [1.29, 1.82) is 0 Å². The van der Waals surface area contributed by atoms with Gasteiger partial charge in [0.1, 0.15) is 0 Å². The number of nitrogens with one attached hydrogen (secondary N) is 2. The van der Waals surface area contributed by atoms with Gasteiger partial charge in [0, 0.05) is 42.3 Å². The molecule has 0 radical (unpaired) electrons. The van der Waals surface area contributed by atoms with Gasteiger partial charge in [0.25, 0.3) is 0 Å². The molecule has 2 aliphatic rings. The number of allylic oxidation sites excluding steroid dienone is 5. The number of nitrogens with zero attached hydrogens (tertiary/aromatic N) is 2. The minimum Gasteiger partial charge on any atom is -0.361 e. The molecule has 6 nitrogen and oxygen atoms in total. The Morgan fingerprint density at radius 2 is 1.33 bits per heavy atom. The Kier molecular flexibility index (Phi) is 5.45. The fourth-order valence-corrected chi connectivity index (χ4v) is 4.06. The van der Waals surface area contributed by atoms with Crippen molar-refractivity contribution in [3.63, 3.8) is 0 Å². The van der Waals surface area contributed by atoms with Gasteiger partial charge in [-0.2, -0.15) is 0 Å². The second-order valence-electron chi connectivity index (χ2n) is 8.46. The van der Waals surface area contributed by atoms with E-state index in [1.54, 1.807) is 12.2 Å². The molecule has 2 aromatic rings. The summed E-state index contributed by atoms with van der Waals surface area (Å²) in [5, 5.41) is 0. The van der Waals surface area contributed by atoms with Gasteiger partial charge >= 0.3 is 0 Å². The largest absolute Gasteiger partial charge is 0.361 e. The van der Waals surface area contributed by atoms with Crippen LogP contribution in [-0.2, 0) is 12.8 Å². The van der Waals surface area contributed by atoms with E-state index in [1.165, 1.54) is 0 Å². The van der Waals surface area contributed by atoms with Crippen LogP contribution < -0.4 is 0 Å². The molecule has 0 saturated carbocycles. The van der Waals surface area contributed by atoms with E-state index in [0.29, 0.717) is 11.1 Å². The van der Waals surface area contributed by atoms with E-state index >= 15 is 0 Å². The average Bonchev–Trinajstić information content (AvgIpc) is 3.31. The van der Waals surface area contributed by atoms with Crippen LogP contribution in [0.15, 0.2) is 36.2 Å². The summed E-state index contributed by atoms with van der Waals surface area (Å²) in [7, 11) is 8.08. The van der Waals surface area contributed by atoms with Gasteiger partial charge in [-0.15, -0.1) is 0 Å². The van der Waals surface area contributed by atoms with Gasteiger partial charge in [0.05, 0.1) is 16.8 Å². The first kappa shape index (κ1) is 20.3. The molecule has 2 aliphatic carbocycles. The lowest BCUT2D eigenvalue weighted by molar-refractivity contribution is 0.102. The number of carbonyl (C=O) groups is 2. The molecule has 2 aromatic heterocycles. The zero-order chi connectivity index (χ0) is 21.4. The Morgan fingerprint density at radius 1 is 0.733 bits per heavy atom. The van der Waals surface area contributed by atoms with Gasteiger partial charge in [0.2, 0.25) is 0 Å². The van der Waals surface area contributed by atoms with Crippen LogP contribution in [0.3, 0.4) is 0 Å². The molecule has 30 heavy (non-hydrogen) atoms. The highest BCUT2D eigenvalue weighted by molar-refractivity contribution is 6.23. The van der Waals surface area contributed by atoms with Gasteiger partial charge in [-0.3, -0.25) is 9.59 Å². The molecule has 156 valence electrons. The van der Waals surface area contributed by atoms with E-state index in [9.17, 15) is 9.59 Å². The number of aromatic nitrogens is 2. The summed E-state index contributed by atoms with van der Waals surface area (Å²) in [6.07, 6.45) is 12.6. The molecule has 0 amide bonds. The maximum atomic E-state index is 13.5. The van der Waals surface area contributed by atoms with Crippen LogP contribution in [-0.4, -0.2) is 72.6 Å². The molecule has 4 rings (SSSR count). The summed E-state index contributed by atoms with van der Waals surface area (Å²) < 4.78 is 0. The Hall–Kier alpha value is -2.96. The Morgan fingerprint density at radius 3 is 2.00 bits per heavy atom. The van der Waals surface area contributed by atoms with E-state index in [2.05, 4.69) is 19.8 Å². The van der Waals surface area contributed by atoms with Crippen LogP contribution in [0.2, 0.25) is 0 Å². The quantitative estimate of drug-likeness (QED) is 0.726. The van der Waals surface area contributed by atoms with E-state index in [-0.39, 0.29) is 11.6 Å². The van der Waals surface area contributed by atoms with Crippen LogP contribution in [0.5, 0.6) is 0 Å². The number of fused-ring (bicyclic) bond motifs is 2. The molecule has 6 heteroatoms. The smallest absolute Gasteiger partial charge is 0.196 e. The van der Waals surface area contributed by atoms with E-state index < -0.39 is 0 Å². The van der Waals surface area contributed by atoms with Gasteiger partial charge in [-0.1, -0.05) is 0 Å². The molecule has 2 heterocycles. The highest BCUT2D eigenvalue weighted by Crippen LogP contribution is 2.35. The highest BCUT2D eigenvalue weighted by Gasteiger charge is 2.29. The van der Waals surface area contributed by atoms with Gasteiger partial charge in [0.15, 0.2) is 11.6 Å². The monoisotopic (exact) mass is 404 g/mol. The molecule has 0 aliphatic heterocycles. The Labute approximate surface area is 177 Å². The van der Waals surface area contributed by atoms with Crippen LogP contribution in [0.25, 0.3) is 11.6 Å². The number of carbonyl (C=O) groups excluding carboxylic acids is 2. The van der Waals surface area contributed by atoms with Crippen LogP contribution in [0, 0.1) is 0 Å². The molecular weight excluding hydrogens is 376 g/mol. The number of Topliss-reactive ketones (excluding diaryl/α,β-unsaturated/α-hetero) is 1. The first-order valence-corrected chi connectivity index (χ1v) is 10.3. The predicted molar refractivity (Wildman–Crippen MR) is 120 cm³/mol. The summed E-state index contributed by atoms with van der Waals surface area (Å²) in [6, 6.07) is 0. The van der Waals surface area contributed by atoms with Gasteiger partial charge in [-0.05, 0) is 76.5 Å². The topological polar surface area (TPSA) is 72.2 Å². The molecule has 0 atom stereocenters. The van der Waals surface area contributed by atoms with Crippen LogP contribution >= 0.6 is 0 Å². The second kappa shape index (κ2) is 8.05. The third kappa shape index (κ3) is 3.64. The van der Waals surface area contributed by atoms with Crippen molar-refractivity contribution >= 4 is 23.2 Å². The fourth-order valence-electron chi connectivity index (χ4n) is 4.06. The zero-order valence-corrected chi connectivity index (χ0v) is 18.0. The standard InChI is InChI=1S/C24H28N4O2/c1-27(2)11-9-15-13-25-19-7-5-18(24(30)21(15)19)17-6-8-20(29)22-16(10-12-28(3)4)14-26-23(17)22/h5-8,13-14,25-26H,9-12H2,1-4H3.